The standard InChI is InChI=1S/C7H15N.C4H10.C2H6/c1-7(2)8-5-3-4-6-8;1-4(2)3;1-2/h7H,3-6H2,1-2H3;4H,1-3H3;1-2H3. The van der Waals surface area contributed by atoms with Crippen LogP contribution in [0.15, 0.2) is 0 Å². The van der Waals surface area contributed by atoms with Gasteiger partial charge in [0, 0.05) is 6.04 Å². The fraction of sp³-hybridized carbons (Fsp3) is 1.00. The van der Waals surface area contributed by atoms with Gasteiger partial charge in [0.25, 0.3) is 0 Å². The molecule has 1 saturated heterocycles. The number of hydrogen-bond donors (Lipinski definition) is 0. The van der Waals surface area contributed by atoms with Crippen LogP contribution in [0.5, 0.6) is 0 Å². The summed E-state index contributed by atoms with van der Waals surface area (Å²) >= 11 is 0. The molecule has 0 radical (unpaired) electrons. The summed E-state index contributed by atoms with van der Waals surface area (Å²) in [6, 6.07) is 0.775. The van der Waals surface area contributed by atoms with E-state index >= 15 is 0 Å². The van der Waals surface area contributed by atoms with Gasteiger partial charge < -0.3 is 4.90 Å². The average Bonchev–Trinajstić information content (AvgIpc) is 2.58. The van der Waals surface area contributed by atoms with Crippen molar-refractivity contribution in [2.75, 3.05) is 13.1 Å². The monoisotopic (exact) mass is 201 g/mol. The zero-order valence-electron chi connectivity index (χ0n) is 11.4. The molecule has 1 nitrogen and oxygen atoms in total. The molecule has 0 aromatic heterocycles. The molecule has 14 heavy (non-hydrogen) atoms. The maximum atomic E-state index is 2.53. The van der Waals surface area contributed by atoms with Gasteiger partial charge in [0.15, 0.2) is 0 Å². The molecule has 1 rings (SSSR count). The highest BCUT2D eigenvalue weighted by Gasteiger charge is 2.13. The Morgan fingerprint density at radius 2 is 1.07 bits per heavy atom. The molecule has 88 valence electrons. The summed E-state index contributed by atoms with van der Waals surface area (Å²) in [6.07, 6.45) is 2.83. The third kappa shape index (κ3) is 12.0. The minimum absolute atomic E-state index is 0.775. The zero-order chi connectivity index (χ0) is 11.6. The normalized spacial score (nSPS) is 16.1. The molecule has 1 aliphatic rings. The third-order valence-electron chi connectivity index (χ3n) is 1.87. The summed E-state index contributed by atoms with van der Waals surface area (Å²) in [5.41, 5.74) is 0. The maximum absolute atomic E-state index is 2.53. The summed E-state index contributed by atoms with van der Waals surface area (Å²) < 4.78 is 0. The predicted octanol–water partition coefficient (Wildman–Crippen LogP) is 4.18. The lowest BCUT2D eigenvalue weighted by Crippen LogP contribution is -2.26. The van der Waals surface area contributed by atoms with Crippen LogP contribution in [0.3, 0.4) is 0 Å². The van der Waals surface area contributed by atoms with Crippen molar-refractivity contribution in [1.82, 2.24) is 4.90 Å². The summed E-state index contributed by atoms with van der Waals surface area (Å²) in [4.78, 5) is 2.53. The van der Waals surface area contributed by atoms with Gasteiger partial charge in [0.05, 0.1) is 0 Å². The van der Waals surface area contributed by atoms with E-state index in [1.807, 2.05) is 13.8 Å². The number of likely N-dealkylation sites (tertiary alicyclic amines) is 1. The van der Waals surface area contributed by atoms with E-state index in [4.69, 9.17) is 0 Å². The molecule has 0 amide bonds. The van der Waals surface area contributed by atoms with Crippen molar-refractivity contribution in [3.05, 3.63) is 0 Å². The molecule has 0 spiro atoms. The quantitative estimate of drug-likeness (QED) is 0.615. The molecule has 1 fully saturated rings. The second-order valence-corrected chi connectivity index (χ2v) is 4.57. The maximum Gasteiger partial charge on any atom is 0.00385 e. The second-order valence-electron chi connectivity index (χ2n) is 4.57. The molecule has 1 heterocycles. The highest BCUT2D eigenvalue weighted by Crippen LogP contribution is 2.09. The summed E-state index contributed by atoms with van der Waals surface area (Å²) in [5.74, 6) is 0.833. The lowest BCUT2D eigenvalue weighted by atomic mass is 10.3. The van der Waals surface area contributed by atoms with E-state index in [1.165, 1.54) is 25.9 Å². The van der Waals surface area contributed by atoms with Crippen molar-refractivity contribution in [3.63, 3.8) is 0 Å². The SMILES string of the molecule is CC.CC(C)C.CC(C)N1CCCC1. The Bertz CT molecular complexity index is 88.7. The van der Waals surface area contributed by atoms with Crippen LogP contribution < -0.4 is 0 Å². The van der Waals surface area contributed by atoms with E-state index in [0.717, 1.165) is 12.0 Å². The zero-order valence-corrected chi connectivity index (χ0v) is 11.4. The first-order chi connectivity index (χ1) is 6.54. The van der Waals surface area contributed by atoms with Crippen LogP contribution in [0.25, 0.3) is 0 Å². The van der Waals surface area contributed by atoms with Crippen LogP contribution in [0.4, 0.5) is 0 Å². The smallest absolute Gasteiger partial charge is 0.00385 e. The molecule has 0 aromatic rings. The molecule has 1 aliphatic heterocycles. The average molecular weight is 201 g/mol. The van der Waals surface area contributed by atoms with E-state index in [-0.39, 0.29) is 0 Å². The fourth-order valence-corrected chi connectivity index (χ4v) is 1.26. The van der Waals surface area contributed by atoms with Gasteiger partial charge in [-0.1, -0.05) is 34.6 Å². The molecule has 1 heteroatoms. The first-order valence-electron chi connectivity index (χ1n) is 6.28. The van der Waals surface area contributed by atoms with Gasteiger partial charge in [-0.25, -0.2) is 0 Å². The minimum Gasteiger partial charge on any atom is -0.301 e. The van der Waals surface area contributed by atoms with Gasteiger partial charge >= 0.3 is 0 Å². The summed E-state index contributed by atoms with van der Waals surface area (Å²) in [5, 5.41) is 0. The van der Waals surface area contributed by atoms with Gasteiger partial charge in [-0.2, -0.15) is 0 Å². The Morgan fingerprint density at radius 1 is 0.786 bits per heavy atom. The topological polar surface area (TPSA) is 3.24 Å². The van der Waals surface area contributed by atoms with Crippen LogP contribution in [0.2, 0.25) is 0 Å². The molecule has 0 atom stereocenters. The number of hydrogen-bond acceptors (Lipinski definition) is 1. The van der Waals surface area contributed by atoms with Gasteiger partial charge in [-0.3, -0.25) is 0 Å². The molecule has 0 aliphatic carbocycles. The Kier molecular flexibility index (Phi) is 12.9. The van der Waals surface area contributed by atoms with Crippen molar-refractivity contribution in [2.45, 2.75) is 67.3 Å². The van der Waals surface area contributed by atoms with Crippen molar-refractivity contribution < 1.29 is 0 Å². The molecule has 0 bridgehead atoms. The molecular weight excluding hydrogens is 170 g/mol. The summed E-state index contributed by atoms with van der Waals surface area (Å²) in [6.45, 7) is 17.7. The van der Waals surface area contributed by atoms with E-state index in [2.05, 4.69) is 39.5 Å². The highest BCUT2D eigenvalue weighted by atomic mass is 15.2. The number of nitrogens with zero attached hydrogens (tertiary/aromatic N) is 1. The van der Waals surface area contributed by atoms with E-state index in [0.29, 0.717) is 0 Å². The minimum atomic E-state index is 0.775. The largest absolute Gasteiger partial charge is 0.301 e. The van der Waals surface area contributed by atoms with E-state index < -0.39 is 0 Å². The molecule has 0 saturated carbocycles. The Hall–Kier alpha value is -0.0400. The molecule has 0 unspecified atom stereocenters. The predicted molar refractivity (Wildman–Crippen MR) is 67.8 cm³/mol. The van der Waals surface area contributed by atoms with Crippen LogP contribution in [0.1, 0.15) is 61.3 Å². The van der Waals surface area contributed by atoms with Crippen LogP contribution in [-0.4, -0.2) is 24.0 Å². The van der Waals surface area contributed by atoms with Gasteiger partial charge in [0.1, 0.15) is 0 Å². The molecular formula is C13H31N. The Morgan fingerprint density at radius 3 is 1.21 bits per heavy atom. The Balaban J connectivity index is 0. The van der Waals surface area contributed by atoms with Crippen molar-refractivity contribution in [1.29, 1.82) is 0 Å². The molecule has 0 N–H and O–H groups in total. The number of rotatable bonds is 1. The van der Waals surface area contributed by atoms with Crippen LogP contribution >= 0.6 is 0 Å². The lowest BCUT2D eigenvalue weighted by molar-refractivity contribution is 0.276. The van der Waals surface area contributed by atoms with Gasteiger partial charge in [-0.05, 0) is 45.7 Å². The Labute approximate surface area is 91.9 Å². The second kappa shape index (κ2) is 11.0. The first-order valence-corrected chi connectivity index (χ1v) is 6.28. The van der Waals surface area contributed by atoms with Crippen molar-refractivity contribution in [3.8, 4) is 0 Å². The van der Waals surface area contributed by atoms with Crippen LogP contribution in [-0.2, 0) is 0 Å². The van der Waals surface area contributed by atoms with Gasteiger partial charge in [0.2, 0.25) is 0 Å². The van der Waals surface area contributed by atoms with Gasteiger partial charge in [-0.15, -0.1) is 0 Å². The fourth-order valence-electron chi connectivity index (χ4n) is 1.26. The lowest BCUT2D eigenvalue weighted by Gasteiger charge is -2.18. The van der Waals surface area contributed by atoms with Crippen molar-refractivity contribution >= 4 is 0 Å². The summed E-state index contributed by atoms with van der Waals surface area (Å²) in [7, 11) is 0. The van der Waals surface area contributed by atoms with Crippen LogP contribution in [0, 0.1) is 5.92 Å². The van der Waals surface area contributed by atoms with E-state index in [9.17, 15) is 0 Å². The highest BCUT2D eigenvalue weighted by molar-refractivity contribution is 4.68. The van der Waals surface area contributed by atoms with E-state index in [1.54, 1.807) is 0 Å². The molecule has 0 aromatic carbocycles. The third-order valence-corrected chi connectivity index (χ3v) is 1.87. The first kappa shape index (κ1) is 16.4. The van der Waals surface area contributed by atoms with Crippen molar-refractivity contribution in [2.24, 2.45) is 5.92 Å².